The van der Waals surface area contributed by atoms with E-state index in [1.807, 2.05) is 12.2 Å². The summed E-state index contributed by atoms with van der Waals surface area (Å²) < 4.78 is 73.0. The fourth-order valence-corrected chi connectivity index (χ4v) is 5.37. The van der Waals surface area contributed by atoms with Crippen molar-refractivity contribution in [3.63, 3.8) is 0 Å². The zero-order valence-electron chi connectivity index (χ0n) is 17.7. The van der Waals surface area contributed by atoms with Crippen molar-refractivity contribution in [3.05, 3.63) is 94.3 Å². The fraction of sp³-hybridized carbons (Fsp3) is 0.240. The largest absolute Gasteiger partial charge is 0.416 e. The number of carbonyl (C=O) groups is 1. The number of anilines is 1. The van der Waals surface area contributed by atoms with Crippen LogP contribution < -0.4 is 4.90 Å². The average molecular weight is 489 g/mol. The molecule has 1 amide bonds. The molecule has 2 aliphatic carbocycles. The minimum Gasteiger partial charge on any atom is -0.306 e. The summed E-state index contributed by atoms with van der Waals surface area (Å²) in [5, 5.41) is 0. The molecule has 1 heterocycles. The minimum absolute atomic E-state index is 0.0748. The van der Waals surface area contributed by atoms with Gasteiger partial charge in [0, 0.05) is 5.69 Å². The number of allylic oxidation sites excluding steroid dienone is 2. The first-order chi connectivity index (χ1) is 16.1. The molecule has 3 atom stereocenters. The number of carbonyl (C=O) groups excluding carboxylic acids is 1. The topological polar surface area (TPSA) is 57.6 Å². The van der Waals surface area contributed by atoms with E-state index in [0.717, 1.165) is 35.3 Å². The van der Waals surface area contributed by atoms with Crippen molar-refractivity contribution >= 4 is 28.2 Å². The highest BCUT2D eigenvalue weighted by atomic mass is 32.2. The zero-order valence-corrected chi connectivity index (χ0v) is 18.5. The summed E-state index contributed by atoms with van der Waals surface area (Å²) in [6.45, 7) is 0.168. The first kappa shape index (κ1) is 22.7. The normalized spacial score (nSPS) is 23.0. The van der Waals surface area contributed by atoms with Gasteiger partial charge in [-0.15, -0.1) is 0 Å². The highest BCUT2D eigenvalue weighted by Crippen LogP contribution is 2.55. The van der Waals surface area contributed by atoms with Gasteiger partial charge in [0.05, 0.1) is 23.4 Å². The molecule has 0 bridgehead atoms. The summed E-state index contributed by atoms with van der Waals surface area (Å²) in [6.07, 6.45) is -0.00709. The molecule has 1 fully saturated rings. The Morgan fingerprint density at radius 1 is 1.00 bits per heavy atom. The van der Waals surface area contributed by atoms with E-state index >= 15 is 0 Å². The van der Waals surface area contributed by atoms with Crippen LogP contribution in [0.25, 0.3) is 5.57 Å². The van der Waals surface area contributed by atoms with Gasteiger partial charge in [-0.05, 0) is 71.4 Å². The van der Waals surface area contributed by atoms with Crippen LogP contribution in [0.3, 0.4) is 0 Å². The predicted molar refractivity (Wildman–Crippen MR) is 121 cm³/mol. The molecule has 5 rings (SSSR count). The van der Waals surface area contributed by atoms with Crippen molar-refractivity contribution in [2.45, 2.75) is 12.6 Å². The van der Waals surface area contributed by atoms with E-state index in [0.29, 0.717) is 16.8 Å². The van der Waals surface area contributed by atoms with Gasteiger partial charge in [0.2, 0.25) is 0 Å². The van der Waals surface area contributed by atoms with Crippen molar-refractivity contribution in [3.8, 4) is 0 Å². The highest BCUT2D eigenvalue weighted by molar-refractivity contribution is 7.79. The number of rotatable bonds is 5. The minimum atomic E-state index is -4.48. The lowest BCUT2D eigenvalue weighted by molar-refractivity contribution is -0.137. The first-order valence-corrected chi connectivity index (χ1v) is 11.9. The third-order valence-corrected chi connectivity index (χ3v) is 7.08. The Morgan fingerprint density at radius 3 is 2.29 bits per heavy atom. The zero-order chi connectivity index (χ0) is 24.2. The van der Waals surface area contributed by atoms with Crippen molar-refractivity contribution in [2.75, 3.05) is 17.2 Å². The van der Waals surface area contributed by atoms with Crippen LogP contribution in [0.5, 0.6) is 0 Å². The van der Waals surface area contributed by atoms with E-state index < -0.39 is 28.6 Å². The molecule has 2 aromatic rings. The molecule has 1 saturated carbocycles. The van der Waals surface area contributed by atoms with Crippen LogP contribution >= 0.6 is 0 Å². The third kappa shape index (κ3) is 4.14. The van der Waals surface area contributed by atoms with Gasteiger partial charge in [0.25, 0.3) is 5.91 Å². The Hall–Kier alpha value is -3.04. The van der Waals surface area contributed by atoms with E-state index in [4.69, 9.17) is 0 Å². The Labute approximate surface area is 195 Å². The summed E-state index contributed by atoms with van der Waals surface area (Å²) in [6, 6.07) is 9.99. The molecule has 0 aromatic heterocycles. The first-order valence-electron chi connectivity index (χ1n) is 10.6. The van der Waals surface area contributed by atoms with Crippen LogP contribution in [0.4, 0.5) is 23.2 Å². The molecule has 3 unspecified atom stereocenters. The number of halogens is 4. The van der Waals surface area contributed by atoms with Crippen molar-refractivity contribution < 1.29 is 31.1 Å². The molecular weight excluding hydrogens is 470 g/mol. The standard InChI is InChI=1S/C25H19F4NO3S/c26-17-6-1-14(2-7-17)23-22(19-10-3-15(13-34(32)33)20-11-21(19)20)12-30(24(23)31)18-8-4-16(5-9-18)25(27,28)29/h1-10,20-21H,11-13H2,(H,32,33). The lowest BCUT2D eigenvalue weighted by Gasteiger charge is -2.19. The maximum atomic E-state index is 13.5. The Morgan fingerprint density at radius 2 is 1.68 bits per heavy atom. The van der Waals surface area contributed by atoms with Crippen molar-refractivity contribution in [1.82, 2.24) is 0 Å². The van der Waals surface area contributed by atoms with Crippen molar-refractivity contribution in [1.29, 1.82) is 0 Å². The number of hydrogen-bond acceptors (Lipinski definition) is 2. The monoisotopic (exact) mass is 489 g/mol. The Balaban J connectivity index is 1.54. The smallest absolute Gasteiger partial charge is 0.306 e. The van der Waals surface area contributed by atoms with Gasteiger partial charge in [-0.2, -0.15) is 13.2 Å². The van der Waals surface area contributed by atoms with E-state index in [-0.39, 0.29) is 30.0 Å². The van der Waals surface area contributed by atoms with E-state index in [1.54, 1.807) is 0 Å². The summed E-state index contributed by atoms with van der Waals surface area (Å²) in [5.41, 5.74) is 3.01. The second-order valence-corrected chi connectivity index (χ2v) is 9.51. The van der Waals surface area contributed by atoms with Gasteiger partial charge in [-0.1, -0.05) is 29.9 Å². The lowest BCUT2D eigenvalue weighted by atomic mass is 9.89. The van der Waals surface area contributed by atoms with Gasteiger partial charge in [0.1, 0.15) is 5.82 Å². The van der Waals surface area contributed by atoms with Crippen LogP contribution in [0, 0.1) is 17.7 Å². The number of alkyl halides is 3. The predicted octanol–water partition coefficient (Wildman–Crippen LogP) is 5.37. The van der Waals surface area contributed by atoms with Crippen molar-refractivity contribution in [2.24, 2.45) is 11.8 Å². The average Bonchev–Trinajstić information content (AvgIpc) is 3.52. The summed E-state index contributed by atoms with van der Waals surface area (Å²) in [4.78, 5) is 14.9. The second kappa shape index (κ2) is 8.32. The number of benzene rings is 2. The second-order valence-electron chi connectivity index (χ2n) is 8.57. The molecule has 34 heavy (non-hydrogen) atoms. The van der Waals surface area contributed by atoms with Gasteiger partial charge >= 0.3 is 6.18 Å². The Bertz CT molecular complexity index is 1280. The maximum Gasteiger partial charge on any atom is 0.416 e. The van der Waals surface area contributed by atoms with Gasteiger partial charge in [0.15, 0.2) is 11.1 Å². The molecule has 3 aliphatic rings. The summed E-state index contributed by atoms with van der Waals surface area (Å²) in [7, 11) is 0. The van der Waals surface area contributed by atoms with Crippen LogP contribution in [0.2, 0.25) is 0 Å². The molecule has 4 nitrogen and oxygen atoms in total. The van der Waals surface area contributed by atoms with Gasteiger partial charge in [-0.25, -0.2) is 8.60 Å². The van der Waals surface area contributed by atoms with Gasteiger partial charge in [-0.3, -0.25) is 4.79 Å². The quantitative estimate of drug-likeness (QED) is 0.454. The van der Waals surface area contributed by atoms with Crippen LogP contribution in [0.1, 0.15) is 17.5 Å². The lowest BCUT2D eigenvalue weighted by Crippen LogP contribution is -2.26. The third-order valence-electron chi connectivity index (χ3n) is 6.50. The number of nitrogens with zero attached hydrogens (tertiary/aromatic N) is 1. The summed E-state index contributed by atoms with van der Waals surface area (Å²) >= 11 is -1.94. The molecule has 0 radical (unpaired) electrons. The summed E-state index contributed by atoms with van der Waals surface area (Å²) in [5.74, 6) is -0.501. The maximum absolute atomic E-state index is 13.5. The molecule has 176 valence electrons. The molecular formula is C25H19F4NO3S. The van der Waals surface area contributed by atoms with Crippen LogP contribution in [-0.2, 0) is 22.1 Å². The number of fused-ring (bicyclic) bond motifs is 1. The molecule has 0 spiro atoms. The fourth-order valence-electron chi connectivity index (χ4n) is 4.78. The molecule has 1 aliphatic heterocycles. The number of amides is 1. The van der Waals surface area contributed by atoms with Crippen LogP contribution in [-0.4, -0.2) is 27.0 Å². The highest BCUT2D eigenvalue weighted by Gasteiger charge is 2.47. The molecule has 9 heteroatoms. The van der Waals surface area contributed by atoms with E-state index in [1.165, 1.54) is 41.3 Å². The van der Waals surface area contributed by atoms with E-state index in [9.17, 15) is 31.1 Å². The Kier molecular flexibility index (Phi) is 5.56. The van der Waals surface area contributed by atoms with Gasteiger partial charge < -0.3 is 9.45 Å². The SMILES string of the molecule is O=C1C(c2ccc(F)cc2)=C(C2=CC=C(CS(=O)O)C3CC23)CN1c1ccc(C(F)(F)F)cc1. The molecule has 2 aromatic carbocycles. The molecule has 0 saturated heterocycles. The van der Waals surface area contributed by atoms with Crippen LogP contribution in [0.15, 0.2) is 77.4 Å². The number of hydrogen-bond donors (Lipinski definition) is 1. The van der Waals surface area contributed by atoms with E-state index in [2.05, 4.69) is 0 Å². The molecule has 1 N–H and O–H groups in total.